The van der Waals surface area contributed by atoms with Crippen LogP contribution in [-0.2, 0) is 4.74 Å². The van der Waals surface area contributed by atoms with E-state index in [0.717, 1.165) is 30.3 Å². The fraction of sp³-hybridized carbons (Fsp3) is 0.333. The first-order valence-electron chi connectivity index (χ1n) is 8.10. The molecular formula is C18H22N4O3. The average Bonchev–Trinajstić information content (AvgIpc) is 2.67. The van der Waals surface area contributed by atoms with Crippen LogP contribution in [-0.4, -0.2) is 51.4 Å². The van der Waals surface area contributed by atoms with Crippen molar-refractivity contribution in [2.24, 2.45) is 5.73 Å². The van der Waals surface area contributed by atoms with Gasteiger partial charge in [0.2, 0.25) is 0 Å². The Morgan fingerprint density at radius 2 is 1.96 bits per heavy atom. The molecule has 0 saturated carbocycles. The van der Waals surface area contributed by atoms with Crippen molar-refractivity contribution >= 4 is 23.1 Å². The molecule has 1 aromatic carbocycles. The van der Waals surface area contributed by atoms with Crippen LogP contribution in [0.15, 0.2) is 36.5 Å². The zero-order valence-electron chi connectivity index (χ0n) is 14.4. The van der Waals surface area contributed by atoms with E-state index in [4.69, 9.17) is 15.2 Å². The topological polar surface area (TPSA) is 80.9 Å². The van der Waals surface area contributed by atoms with Gasteiger partial charge in [0.1, 0.15) is 11.6 Å². The second-order valence-electron chi connectivity index (χ2n) is 5.78. The summed E-state index contributed by atoms with van der Waals surface area (Å²) < 4.78 is 10.6. The molecule has 0 spiro atoms. The molecule has 132 valence electrons. The highest BCUT2D eigenvalue weighted by atomic mass is 16.5. The van der Waals surface area contributed by atoms with Gasteiger partial charge >= 0.3 is 0 Å². The molecule has 2 N–H and O–H groups in total. The van der Waals surface area contributed by atoms with E-state index in [1.165, 1.54) is 0 Å². The minimum absolute atomic E-state index is 0.385. The number of ether oxygens (including phenoxy) is 2. The molecule has 1 aliphatic rings. The highest BCUT2D eigenvalue weighted by Gasteiger charge is 2.19. The molecule has 0 atom stereocenters. The normalized spacial score (nSPS) is 14.2. The number of methoxy groups -OCH3 is 1. The molecule has 2 heterocycles. The van der Waals surface area contributed by atoms with Crippen molar-refractivity contribution in [3.8, 4) is 5.75 Å². The first-order chi connectivity index (χ1) is 12.1. The van der Waals surface area contributed by atoms with Crippen LogP contribution in [0.2, 0.25) is 0 Å². The number of pyridine rings is 1. The number of hydrogen-bond acceptors (Lipinski definition) is 6. The van der Waals surface area contributed by atoms with Gasteiger partial charge in [-0.15, -0.1) is 0 Å². The molecule has 1 amide bonds. The van der Waals surface area contributed by atoms with Crippen molar-refractivity contribution in [2.75, 3.05) is 50.3 Å². The van der Waals surface area contributed by atoms with Crippen molar-refractivity contribution in [3.05, 3.63) is 42.1 Å². The van der Waals surface area contributed by atoms with Crippen molar-refractivity contribution in [1.29, 1.82) is 0 Å². The summed E-state index contributed by atoms with van der Waals surface area (Å²) in [5, 5.41) is 0. The van der Waals surface area contributed by atoms with Gasteiger partial charge in [0.05, 0.1) is 31.6 Å². The van der Waals surface area contributed by atoms with Crippen LogP contribution in [0.4, 0.5) is 17.2 Å². The van der Waals surface area contributed by atoms with Gasteiger partial charge in [-0.05, 0) is 24.3 Å². The third-order valence-electron chi connectivity index (χ3n) is 4.29. The number of rotatable bonds is 5. The number of nitrogens with two attached hydrogens (primary N) is 1. The van der Waals surface area contributed by atoms with Gasteiger partial charge in [0.15, 0.2) is 0 Å². The zero-order chi connectivity index (χ0) is 17.8. The van der Waals surface area contributed by atoms with Crippen molar-refractivity contribution in [3.63, 3.8) is 0 Å². The van der Waals surface area contributed by atoms with Crippen LogP contribution in [0.5, 0.6) is 5.75 Å². The lowest BCUT2D eigenvalue weighted by Gasteiger charge is -2.29. The van der Waals surface area contributed by atoms with E-state index in [1.807, 2.05) is 42.3 Å². The predicted molar refractivity (Wildman–Crippen MR) is 96.8 cm³/mol. The van der Waals surface area contributed by atoms with Crippen molar-refractivity contribution in [1.82, 2.24) is 4.98 Å². The lowest BCUT2D eigenvalue weighted by atomic mass is 10.1. The van der Waals surface area contributed by atoms with E-state index in [-0.39, 0.29) is 0 Å². The van der Waals surface area contributed by atoms with Crippen LogP contribution in [0, 0.1) is 0 Å². The van der Waals surface area contributed by atoms with Crippen LogP contribution in [0.25, 0.3) is 0 Å². The Balaban J connectivity index is 1.96. The molecule has 0 bridgehead atoms. The van der Waals surface area contributed by atoms with E-state index in [2.05, 4.69) is 9.88 Å². The summed E-state index contributed by atoms with van der Waals surface area (Å²) in [6, 6.07) is 9.51. The van der Waals surface area contributed by atoms with Crippen LogP contribution >= 0.6 is 0 Å². The minimum atomic E-state index is -0.503. The van der Waals surface area contributed by atoms with E-state index in [1.54, 1.807) is 13.3 Å². The highest BCUT2D eigenvalue weighted by Crippen LogP contribution is 2.30. The van der Waals surface area contributed by atoms with Crippen molar-refractivity contribution in [2.45, 2.75) is 0 Å². The number of carbonyl (C=O) groups is 1. The fourth-order valence-electron chi connectivity index (χ4n) is 2.81. The molecule has 0 aliphatic carbocycles. The summed E-state index contributed by atoms with van der Waals surface area (Å²) in [4.78, 5) is 20.3. The first-order valence-corrected chi connectivity index (χ1v) is 8.10. The number of benzene rings is 1. The summed E-state index contributed by atoms with van der Waals surface area (Å²) in [6.45, 7) is 2.88. The van der Waals surface area contributed by atoms with Gasteiger partial charge in [-0.1, -0.05) is 0 Å². The maximum absolute atomic E-state index is 11.8. The van der Waals surface area contributed by atoms with Crippen LogP contribution < -0.4 is 20.3 Å². The third kappa shape index (κ3) is 3.66. The summed E-state index contributed by atoms with van der Waals surface area (Å²) in [7, 11) is 3.52. The molecule has 2 aromatic rings. The van der Waals surface area contributed by atoms with E-state index in [0.29, 0.717) is 24.5 Å². The molecule has 7 nitrogen and oxygen atoms in total. The summed E-state index contributed by atoms with van der Waals surface area (Å²) in [6.07, 6.45) is 1.54. The number of primary amides is 1. The predicted octanol–water partition coefficient (Wildman–Crippen LogP) is 1.79. The first kappa shape index (κ1) is 17.0. The number of hydrogen-bond donors (Lipinski definition) is 1. The summed E-state index contributed by atoms with van der Waals surface area (Å²) in [5.74, 6) is 1.08. The summed E-state index contributed by atoms with van der Waals surface area (Å²) >= 11 is 0. The Morgan fingerprint density at radius 3 is 2.56 bits per heavy atom. The Morgan fingerprint density at radius 1 is 1.28 bits per heavy atom. The van der Waals surface area contributed by atoms with Crippen molar-refractivity contribution < 1.29 is 14.3 Å². The monoisotopic (exact) mass is 342 g/mol. The molecule has 7 heteroatoms. The van der Waals surface area contributed by atoms with Gasteiger partial charge in [0.25, 0.3) is 5.91 Å². The number of amides is 1. The fourth-order valence-corrected chi connectivity index (χ4v) is 2.81. The lowest BCUT2D eigenvalue weighted by molar-refractivity contribution is 0.100. The number of aromatic nitrogens is 1. The molecule has 1 fully saturated rings. The number of carbonyl (C=O) groups excluding carboxylic acids is 1. The number of nitrogens with zero attached hydrogens (tertiary/aromatic N) is 3. The third-order valence-corrected chi connectivity index (χ3v) is 4.29. The van der Waals surface area contributed by atoms with Crippen LogP contribution in [0.1, 0.15) is 10.4 Å². The lowest BCUT2D eigenvalue weighted by Crippen LogP contribution is -2.37. The SMILES string of the molecule is COc1ccc(N(C)c2cc(N3CCOCC3)ncc2C(N)=O)cc1. The Bertz CT molecular complexity index is 742. The smallest absolute Gasteiger partial charge is 0.252 e. The Kier molecular flexibility index (Phi) is 5.04. The minimum Gasteiger partial charge on any atom is -0.497 e. The molecule has 25 heavy (non-hydrogen) atoms. The summed E-state index contributed by atoms with van der Waals surface area (Å²) in [5.41, 5.74) is 7.57. The molecule has 1 aliphatic heterocycles. The molecule has 1 aromatic heterocycles. The zero-order valence-corrected chi connectivity index (χ0v) is 14.4. The van der Waals surface area contributed by atoms with Gasteiger partial charge in [-0.3, -0.25) is 4.79 Å². The average molecular weight is 342 g/mol. The maximum Gasteiger partial charge on any atom is 0.252 e. The van der Waals surface area contributed by atoms with Gasteiger partial charge in [0, 0.05) is 38.1 Å². The van der Waals surface area contributed by atoms with Gasteiger partial charge in [-0.2, -0.15) is 0 Å². The largest absolute Gasteiger partial charge is 0.497 e. The van der Waals surface area contributed by atoms with E-state index < -0.39 is 5.91 Å². The van der Waals surface area contributed by atoms with E-state index >= 15 is 0 Å². The van der Waals surface area contributed by atoms with Gasteiger partial charge in [-0.25, -0.2) is 4.98 Å². The second-order valence-corrected chi connectivity index (χ2v) is 5.78. The highest BCUT2D eigenvalue weighted by molar-refractivity contribution is 5.99. The molecule has 0 unspecified atom stereocenters. The Hall–Kier alpha value is -2.80. The molecule has 0 radical (unpaired) electrons. The quantitative estimate of drug-likeness (QED) is 0.892. The maximum atomic E-state index is 11.8. The molecular weight excluding hydrogens is 320 g/mol. The molecule has 3 rings (SSSR count). The van der Waals surface area contributed by atoms with E-state index in [9.17, 15) is 4.79 Å². The Labute approximate surface area is 147 Å². The second kappa shape index (κ2) is 7.40. The number of anilines is 3. The standard InChI is InChI=1S/C18H22N4O3/c1-21(13-3-5-14(24-2)6-4-13)16-11-17(20-12-15(16)18(19)23)22-7-9-25-10-8-22/h3-6,11-12H,7-10H2,1-2H3,(H2,19,23). The van der Waals surface area contributed by atoms with Gasteiger partial charge < -0.3 is 25.0 Å². The number of morpholine rings is 1. The molecule has 1 saturated heterocycles. The van der Waals surface area contributed by atoms with Crippen LogP contribution in [0.3, 0.4) is 0 Å².